The van der Waals surface area contributed by atoms with E-state index in [2.05, 4.69) is 21.9 Å². The molecule has 0 atom stereocenters. The third kappa shape index (κ3) is 6.68. The number of amides is 1. The Bertz CT molecular complexity index is 153. The van der Waals surface area contributed by atoms with Crippen LogP contribution in [-0.4, -0.2) is 58.0 Å². The predicted molar refractivity (Wildman–Crippen MR) is 54.4 cm³/mol. The largest absolute Gasteiger partial charge is 0.453 e. The highest BCUT2D eigenvalue weighted by Crippen LogP contribution is 1.86. The first kappa shape index (κ1) is 13.2. The number of carbonyl (C=O) groups excluding carboxylic acids is 1. The molecule has 0 aromatic heterocycles. The number of nitrogens with one attached hydrogen (secondary N) is 1. The van der Waals surface area contributed by atoms with Crippen LogP contribution in [0.15, 0.2) is 0 Å². The van der Waals surface area contributed by atoms with Gasteiger partial charge in [-0.2, -0.15) is 0 Å². The van der Waals surface area contributed by atoms with Crippen LogP contribution in [-0.2, 0) is 9.47 Å². The van der Waals surface area contributed by atoms with Gasteiger partial charge in [0.15, 0.2) is 0 Å². The van der Waals surface area contributed by atoms with Crippen molar-refractivity contribution in [3.8, 4) is 0 Å². The van der Waals surface area contributed by atoms with Crippen molar-refractivity contribution < 1.29 is 14.3 Å². The second-order valence-corrected chi connectivity index (χ2v) is 2.85. The van der Waals surface area contributed by atoms with E-state index in [4.69, 9.17) is 4.74 Å². The molecule has 0 aliphatic carbocycles. The van der Waals surface area contributed by atoms with Crippen LogP contribution in [0.4, 0.5) is 4.79 Å². The molecule has 0 saturated carbocycles. The minimum atomic E-state index is -0.382. The lowest BCUT2D eigenvalue weighted by molar-refractivity contribution is 0.147. The predicted octanol–water partition coefficient (Wildman–Crippen LogP) is 0.311. The first-order valence-electron chi connectivity index (χ1n) is 4.77. The lowest BCUT2D eigenvalue weighted by Crippen LogP contribution is -2.36. The number of methoxy groups -OCH3 is 2. The Kier molecular flexibility index (Phi) is 8.27. The zero-order chi connectivity index (χ0) is 10.8. The molecule has 0 aliphatic rings. The first-order chi connectivity index (χ1) is 6.74. The maximum absolute atomic E-state index is 10.7. The fourth-order valence-electron chi connectivity index (χ4n) is 1.04. The molecule has 5 nitrogen and oxygen atoms in total. The molecule has 1 N–H and O–H groups in total. The molecule has 84 valence electrons. The zero-order valence-corrected chi connectivity index (χ0v) is 9.21. The number of alkyl carbamates (subject to hydrolysis) is 1. The van der Waals surface area contributed by atoms with Crippen LogP contribution in [0.25, 0.3) is 0 Å². The highest BCUT2D eigenvalue weighted by atomic mass is 16.5. The normalized spacial score (nSPS) is 10.3. The van der Waals surface area contributed by atoms with Gasteiger partial charge < -0.3 is 14.8 Å². The number of rotatable bonds is 7. The van der Waals surface area contributed by atoms with Crippen molar-refractivity contribution in [2.24, 2.45) is 0 Å². The standard InChI is InChI=1S/C9H20N2O3/c1-4-11(7-8-13-2)6-5-10-9(12)14-3/h4-8H2,1-3H3,(H,10,12). The lowest BCUT2D eigenvalue weighted by atomic mass is 10.4. The summed E-state index contributed by atoms with van der Waals surface area (Å²) in [7, 11) is 3.04. The molecule has 14 heavy (non-hydrogen) atoms. The van der Waals surface area contributed by atoms with Gasteiger partial charge in [0.2, 0.25) is 0 Å². The zero-order valence-electron chi connectivity index (χ0n) is 9.21. The second kappa shape index (κ2) is 8.77. The molecule has 0 unspecified atom stereocenters. The summed E-state index contributed by atoms with van der Waals surface area (Å²) in [6, 6.07) is 0. The number of carbonyl (C=O) groups is 1. The van der Waals surface area contributed by atoms with E-state index in [0.29, 0.717) is 13.2 Å². The van der Waals surface area contributed by atoms with Crippen molar-refractivity contribution in [1.29, 1.82) is 0 Å². The van der Waals surface area contributed by atoms with Gasteiger partial charge in [0, 0.05) is 26.7 Å². The summed E-state index contributed by atoms with van der Waals surface area (Å²) in [5, 5.41) is 2.63. The second-order valence-electron chi connectivity index (χ2n) is 2.85. The Morgan fingerprint density at radius 3 is 2.57 bits per heavy atom. The Labute approximate surface area is 85.4 Å². The van der Waals surface area contributed by atoms with Gasteiger partial charge in [0.1, 0.15) is 0 Å². The maximum atomic E-state index is 10.7. The van der Waals surface area contributed by atoms with Gasteiger partial charge in [0.25, 0.3) is 0 Å². The molecule has 0 aromatic rings. The average Bonchev–Trinajstić information content (AvgIpc) is 2.22. The Morgan fingerprint density at radius 2 is 2.07 bits per heavy atom. The lowest BCUT2D eigenvalue weighted by Gasteiger charge is -2.19. The first-order valence-corrected chi connectivity index (χ1v) is 4.77. The highest BCUT2D eigenvalue weighted by molar-refractivity contribution is 5.66. The molecule has 0 radical (unpaired) electrons. The summed E-state index contributed by atoms with van der Waals surface area (Å²) in [4.78, 5) is 12.9. The van der Waals surface area contributed by atoms with Crippen molar-refractivity contribution in [2.75, 3.05) is 47.0 Å². The van der Waals surface area contributed by atoms with Crippen LogP contribution >= 0.6 is 0 Å². The molecule has 5 heteroatoms. The van der Waals surface area contributed by atoms with Crippen LogP contribution in [0, 0.1) is 0 Å². The molecule has 0 rings (SSSR count). The summed E-state index contributed by atoms with van der Waals surface area (Å²) in [6.07, 6.45) is -0.382. The van der Waals surface area contributed by atoms with Gasteiger partial charge in [-0.3, -0.25) is 4.90 Å². The van der Waals surface area contributed by atoms with E-state index in [1.807, 2.05) is 0 Å². The summed E-state index contributed by atoms with van der Waals surface area (Å²) in [6.45, 7) is 6.04. The summed E-state index contributed by atoms with van der Waals surface area (Å²) in [5.74, 6) is 0. The van der Waals surface area contributed by atoms with Gasteiger partial charge in [-0.1, -0.05) is 6.92 Å². The van der Waals surface area contributed by atoms with Crippen LogP contribution in [0.3, 0.4) is 0 Å². The monoisotopic (exact) mass is 204 g/mol. The number of nitrogens with zero attached hydrogens (tertiary/aromatic N) is 1. The minimum absolute atomic E-state index is 0.382. The minimum Gasteiger partial charge on any atom is -0.453 e. The summed E-state index contributed by atoms with van der Waals surface area (Å²) >= 11 is 0. The summed E-state index contributed by atoms with van der Waals surface area (Å²) in [5.41, 5.74) is 0. The van der Waals surface area contributed by atoms with E-state index in [1.54, 1.807) is 7.11 Å². The van der Waals surface area contributed by atoms with Crippen molar-refractivity contribution in [2.45, 2.75) is 6.92 Å². The molecule has 0 bridgehead atoms. The molecule has 0 aromatic carbocycles. The number of ether oxygens (including phenoxy) is 2. The van der Waals surface area contributed by atoms with Gasteiger partial charge in [0.05, 0.1) is 13.7 Å². The van der Waals surface area contributed by atoms with Crippen LogP contribution in [0.5, 0.6) is 0 Å². The van der Waals surface area contributed by atoms with E-state index in [9.17, 15) is 4.79 Å². The van der Waals surface area contributed by atoms with Crippen LogP contribution in [0.2, 0.25) is 0 Å². The Balaban J connectivity index is 3.46. The fraction of sp³-hybridized carbons (Fsp3) is 0.889. The van der Waals surface area contributed by atoms with Gasteiger partial charge in [-0.05, 0) is 6.54 Å². The highest BCUT2D eigenvalue weighted by Gasteiger charge is 2.02. The molecular weight excluding hydrogens is 184 g/mol. The number of hydrogen-bond donors (Lipinski definition) is 1. The third-order valence-electron chi connectivity index (χ3n) is 1.94. The average molecular weight is 204 g/mol. The molecular formula is C9H20N2O3. The molecule has 0 saturated heterocycles. The SMILES string of the molecule is CCN(CCNC(=O)OC)CCOC. The van der Waals surface area contributed by atoms with E-state index in [-0.39, 0.29) is 6.09 Å². The summed E-state index contributed by atoms with van der Waals surface area (Å²) < 4.78 is 9.42. The van der Waals surface area contributed by atoms with Crippen molar-refractivity contribution >= 4 is 6.09 Å². The third-order valence-corrected chi connectivity index (χ3v) is 1.94. The number of likely N-dealkylation sites (N-methyl/N-ethyl adjacent to an activating group) is 1. The van der Waals surface area contributed by atoms with Crippen molar-refractivity contribution in [1.82, 2.24) is 10.2 Å². The van der Waals surface area contributed by atoms with Crippen molar-refractivity contribution in [3.05, 3.63) is 0 Å². The fourth-order valence-corrected chi connectivity index (χ4v) is 1.04. The van der Waals surface area contributed by atoms with Gasteiger partial charge in [-0.25, -0.2) is 4.79 Å². The van der Waals surface area contributed by atoms with E-state index >= 15 is 0 Å². The quantitative estimate of drug-likeness (QED) is 0.648. The van der Waals surface area contributed by atoms with Gasteiger partial charge in [-0.15, -0.1) is 0 Å². The molecule has 0 aliphatic heterocycles. The van der Waals surface area contributed by atoms with Gasteiger partial charge >= 0.3 is 6.09 Å². The topological polar surface area (TPSA) is 50.8 Å². The maximum Gasteiger partial charge on any atom is 0.406 e. The molecule has 1 amide bonds. The van der Waals surface area contributed by atoms with Crippen LogP contribution < -0.4 is 5.32 Å². The van der Waals surface area contributed by atoms with E-state index in [0.717, 1.165) is 19.6 Å². The number of hydrogen-bond acceptors (Lipinski definition) is 4. The van der Waals surface area contributed by atoms with Crippen molar-refractivity contribution in [3.63, 3.8) is 0 Å². The van der Waals surface area contributed by atoms with E-state index < -0.39 is 0 Å². The Morgan fingerprint density at radius 1 is 1.36 bits per heavy atom. The molecule has 0 fully saturated rings. The Hall–Kier alpha value is -0.810. The molecule has 0 spiro atoms. The van der Waals surface area contributed by atoms with Crippen LogP contribution in [0.1, 0.15) is 6.92 Å². The van der Waals surface area contributed by atoms with E-state index in [1.165, 1.54) is 7.11 Å². The molecule has 0 heterocycles. The smallest absolute Gasteiger partial charge is 0.406 e.